The van der Waals surface area contributed by atoms with Crippen molar-refractivity contribution in [3.63, 3.8) is 0 Å². The minimum absolute atomic E-state index is 0.576. The topological polar surface area (TPSA) is 44.2 Å². The first-order valence-corrected chi connectivity index (χ1v) is 6.06. The van der Waals surface area contributed by atoms with E-state index in [-0.39, 0.29) is 0 Å². The van der Waals surface area contributed by atoms with Crippen LogP contribution in [0.2, 0.25) is 0 Å². The lowest BCUT2D eigenvalue weighted by Crippen LogP contribution is -2.01. The smallest absolute Gasteiger partial charge is 0.221 e. The van der Waals surface area contributed by atoms with Crippen molar-refractivity contribution >= 4 is 11.8 Å². The summed E-state index contributed by atoms with van der Waals surface area (Å²) >= 11 is 1.57. The van der Waals surface area contributed by atoms with Crippen molar-refractivity contribution in [3.8, 4) is 11.8 Å². The van der Waals surface area contributed by atoms with Gasteiger partial charge in [0.1, 0.15) is 0 Å². The third-order valence-corrected chi connectivity index (χ3v) is 2.25. The van der Waals surface area contributed by atoms with Gasteiger partial charge >= 0.3 is 0 Å². The van der Waals surface area contributed by atoms with Crippen LogP contribution >= 0.6 is 11.8 Å². The van der Waals surface area contributed by atoms with Crippen molar-refractivity contribution in [2.75, 3.05) is 19.0 Å². The average Bonchev–Trinajstić information content (AvgIpc) is 2.19. The van der Waals surface area contributed by atoms with E-state index in [1.807, 2.05) is 13.8 Å². The lowest BCUT2D eigenvalue weighted by atomic mass is 10.6. The fraction of sp³-hybridized carbons (Fsp3) is 0.600. The first-order valence-electron chi connectivity index (χ1n) is 5.07. The maximum Gasteiger partial charge on any atom is 0.221 e. The molecule has 84 valence electrons. The van der Waals surface area contributed by atoms with E-state index in [9.17, 15) is 0 Å². The Morgan fingerprint density at radius 3 is 2.00 bits per heavy atom. The van der Waals surface area contributed by atoms with Crippen molar-refractivity contribution < 1.29 is 9.47 Å². The average molecular weight is 228 g/mol. The quantitative estimate of drug-likeness (QED) is 0.552. The van der Waals surface area contributed by atoms with Crippen LogP contribution in [-0.4, -0.2) is 28.9 Å². The second-order valence-electron chi connectivity index (χ2n) is 2.63. The summed E-state index contributed by atoms with van der Waals surface area (Å²) in [7, 11) is 0. The number of hydrogen-bond acceptors (Lipinski definition) is 5. The van der Waals surface area contributed by atoms with Crippen LogP contribution in [0.4, 0.5) is 0 Å². The normalized spacial score (nSPS) is 10.1. The molecule has 0 N–H and O–H groups in total. The van der Waals surface area contributed by atoms with Gasteiger partial charge in [0.2, 0.25) is 11.8 Å². The van der Waals surface area contributed by atoms with Crippen molar-refractivity contribution in [2.45, 2.75) is 25.9 Å². The molecule has 0 aliphatic rings. The highest BCUT2D eigenvalue weighted by Crippen LogP contribution is 2.21. The van der Waals surface area contributed by atoms with Gasteiger partial charge in [-0.2, -0.15) is 9.97 Å². The van der Waals surface area contributed by atoms with Gasteiger partial charge in [0.15, 0.2) is 5.16 Å². The molecule has 0 aromatic carbocycles. The van der Waals surface area contributed by atoms with Gasteiger partial charge in [-0.15, -0.1) is 0 Å². The molecule has 15 heavy (non-hydrogen) atoms. The summed E-state index contributed by atoms with van der Waals surface area (Å²) in [6, 6.07) is 1.72. The molecule has 0 aliphatic heterocycles. The predicted octanol–water partition coefficient (Wildman–Crippen LogP) is 2.39. The number of hydrogen-bond donors (Lipinski definition) is 0. The molecule has 0 radical (unpaired) electrons. The van der Waals surface area contributed by atoms with E-state index >= 15 is 0 Å². The molecule has 0 saturated heterocycles. The zero-order chi connectivity index (χ0) is 11.1. The number of aromatic nitrogens is 2. The van der Waals surface area contributed by atoms with Gasteiger partial charge < -0.3 is 9.47 Å². The molecule has 0 atom stereocenters. The monoisotopic (exact) mass is 228 g/mol. The Hall–Kier alpha value is -0.970. The summed E-state index contributed by atoms with van der Waals surface area (Å²) in [4.78, 5) is 8.49. The van der Waals surface area contributed by atoms with Crippen LogP contribution in [0.1, 0.15) is 20.8 Å². The van der Waals surface area contributed by atoms with Crippen LogP contribution in [0.25, 0.3) is 0 Å². The van der Waals surface area contributed by atoms with E-state index in [2.05, 4.69) is 16.9 Å². The van der Waals surface area contributed by atoms with E-state index in [0.29, 0.717) is 30.1 Å². The molecule has 1 rings (SSSR count). The first kappa shape index (κ1) is 12.1. The standard InChI is InChI=1S/C10H16N2O2S/c1-4-13-8-7-9(14-5-2)12-10(11-8)15-6-3/h7H,4-6H2,1-3H3. The minimum atomic E-state index is 0.576. The lowest BCUT2D eigenvalue weighted by molar-refractivity contribution is 0.300. The van der Waals surface area contributed by atoms with Gasteiger partial charge in [-0.1, -0.05) is 18.7 Å². The molecule has 0 amide bonds. The molecular weight excluding hydrogens is 212 g/mol. The molecule has 4 nitrogen and oxygen atoms in total. The Morgan fingerprint density at radius 1 is 1.07 bits per heavy atom. The molecule has 1 aromatic rings. The third kappa shape index (κ3) is 3.95. The SMILES string of the molecule is CCOc1cc(OCC)nc(SCC)n1. The second-order valence-corrected chi connectivity index (χ2v) is 3.86. The number of nitrogens with zero attached hydrogens (tertiary/aromatic N) is 2. The maximum atomic E-state index is 5.34. The highest BCUT2D eigenvalue weighted by molar-refractivity contribution is 7.99. The molecule has 1 aromatic heterocycles. The zero-order valence-electron chi connectivity index (χ0n) is 9.32. The number of rotatable bonds is 6. The molecule has 1 heterocycles. The zero-order valence-corrected chi connectivity index (χ0v) is 10.1. The van der Waals surface area contributed by atoms with Crippen LogP contribution in [-0.2, 0) is 0 Å². The summed E-state index contributed by atoms with van der Waals surface area (Å²) in [5, 5.41) is 0.701. The highest BCUT2D eigenvalue weighted by atomic mass is 32.2. The van der Waals surface area contributed by atoms with Gasteiger partial charge in [0.05, 0.1) is 19.3 Å². The minimum Gasteiger partial charge on any atom is -0.478 e. The molecule has 0 fully saturated rings. The Bertz CT molecular complexity index is 247. The van der Waals surface area contributed by atoms with Gasteiger partial charge in [-0.3, -0.25) is 0 Å². The fourth-order valence-electron chi connectivity index (χ4n) is 1.02. The van der Waals surface area contributed by atoms with Crippen LogP contribution in [0.3, 0.4) is 0 Å². The van der Waals surface area contributed by atoms with Gasteiger partial charge in [-0.25, -0.2) is 0 Å². The van der Waals surface area contributed by atoms with E-state index in [0.717, 1.165) is 5.75 Å². The van der Waals surface area contributed by atoms with Crippen LogP contribution in [0.5, 0.6) is 11.8 Å². The Labute approximate surface area is 94.4 Å². The Morgan fingerprint density at radius 2 is 1.60 bits per heavy atom. The first-order chi connectivity index (χ1) is 7.30. The lowest BCUT2D eigenvalue weighted by Gasteiger charge is -2.07. The third-order valence-electron chi connectivity index (χ3n) is 1.52. The Balaban J connectivity index is 2.86. The summed E-state index contributed by atoms with van der Waals surface area (Å²) in [6.07, 6.45) is 0. The van der Waals surface area contributed by atoms with Gasteiger partial charge in [0.25, 0.3) is 0 Å². The van der Waals surface area contributed by atoms with E-state index in [1.54, 1.807) is 17.8 Å². The van der Waals surface area contributed by atoms with E-state index < -0.39 is 0 Å². The summed E-state index contributed by atoms with van der Waals surface area (Å²) < 4.78 is 10.7. The maximum absolute atomic E-state index is 5.34. The second kappa shape index (κ2) is 6.50. The largest absolute Gasteiger partial charge is 0.478 e. The fourth-order valence-corrected chi connectivity index (χ4v) is 1.59. The van der Waals surface area contributed by atoms with Crippen LogP contribution in [0.15, 0.2) is 11.2 Å². The molecular formula is C10H16N2O2S. The molecule has 5 heteroatoms. The molecule has 0 aliphatic carbocycles. The molecule has 0 saturated carbocycles. The number of ether oxygens (including phenoxy) is 2. The van der Waals surface area contributed by atoms with Gasteiger partial charge in [-0.05, 0) is 19.6 Å². The van der Waals surface area contributed by atoms with Crippen molar-refractivity contribution in [2.24, 2.45) is 0 Å². The molecule has 0 unspecified atom stereocenters. The summed E-state index contributed by atoms with van der Waals surface area (Å²) in [5.41, 5.74) is 0. The van der Waals surface area contributed by atoms with Crippen molar-refractivity contribution in [1.29, 1.82) is 0 Å². The summed E-state index contributed by atoms with van der Waals surface area (Å²) in [5.74, 6) is 2.08. The number of thioether (sulfide) groups is 1. The van der Waals surface area contributed by atoms with Crippen molar-refractivity contribution in [3.05, 3.63) is 6.07 Å². The van der Waals surface area contributed by atoms with Crippen LogP contribution < -0.4 is 9.47 Å². The van der Waals surface area contributed by atoms with E-state index in [1.165, 1.54) is 0 Å². The van der Waals surface area contributed by atoms with Crippen molar-refractivity contribution in [1.82, 2.24) is 9.97 Å². The summed E-state index contributed by atoms with van der Waals surface area (Å²) in [6.45, 7) is 7.10. The molecule has 0 bridgehead atoms. The molecule has 0 spiro atoms. The highest BCUT2D eigenvalue weighted by Gasteiger charge is 2.05. The van der Waals surface area contributed by atoms with E-state index in [4.69, 9.17) is 9.47 Å². The van der Waals surface area contributed by atoms with Gasteiger partial charge in [0, 0.05) is 0 Å². The van der Waals surface area contributed by atoms with Crippen LogP contribution in [0, 0.1) is 0 Å². The Kier molecular flexibility index (Phi) is 5.25. The predicted molar refractivity (Wildman–Crippen MR) is 60.8 cm³/mol.